The summed E-state index contributed by atoms with van der Waals surface area (Å²) in [6.45, 7) is 2.26. The Hall–Kier alpha value is -3.75. The molecule has 0 bridgehead atoms. The van der Waals surface area contributed by atoms with Crippen molar-refractivity contribution in [1.82, 2.24) is 10.6 Å². The number of rotatable bonds is 7. The van der Waals surface area contributed by atoms with E-state index in [1.165, 1.54) is 12.1 Å². The number of phenolic OH excluding ortho intramolecular Hbond substituents is 1. The van der Waals surface area contributed by atoms with Crippen molar-refractivity contribution in [3.8, 4) is 17.2 Å². The van der Waals surface area contributed by atoms with Gasteiger partial charge in [0.25, 0.3) is 5.69 Å². The van der Waals surface area contributed by atoms with Crippen LogP contribution in [0.15, 0.2) is 66.7 Å². The van der Waals surface area contributed by atoms with Gasteiger partial charge in [-0.2, -0.15) is 0 Å². The predicted octanol–water partition coefficient (Wildman–Crippen LogP) is 5.33. The zero-order chi connectivity index (χ0) is 24.2. The molecule has 3 N–H and O–H groups in total. The third-order valence-corrected chi connectivity index (χ3v) is 5.85. The van der Waals surface area contributed by atoms with Crippen molar-refractivity contribution in [2.75, 3.05) is 13.7 Å². The van der Waals surface area contributed by atoms with Crippen molar-refractivity contribution >= 4 is 23.0 Å². The van der Waals surface area contributed by atoms with Crippen molar-refractivity contribution in [3.05, 3.63) is 98.6 Å². The summed E-state index contributed by atoms with van der Waals surface area (Å²) in [5.41, 5.74) is 2.68. The van der Waals surface area contributed by atoms with E-state index in [2.05, 4.69) is 10.6 Å². The molecule has 0 saturated heterocycles. The predicted molar refractivity (Wildman–Crippen MR) is 130 cm³/mol. The Morgan fingerprint density at radius 2 is 1.94 bits per heavy atom. The van der Waals surface area contributed by atoms with Crippen molar-refractivity contribution < 1.29 is 19.5 Å². The molecule has 0 saturated carbocycles. The number of benzene rings is 3. The van der Waals surface area contributed by atoms with E-state index in [4.69, 9.17) is 21.1 Å². The molecule has 0 fully saturated rings. The molecule has 0 amide bonds. The topological polar surface area (TPSA) is 106 Å². The van der Waals surface area contributed by atoms with Crippen LogP contribution in [-0.4, -0.2) is 23.7 Å². The monoisotopic (exact) mass is 481 g/mol. The summed E-state index contributed by atoms with van der Waals surface area (Å²) in [6, 6.07) is 17.1. The maximum Gasteiger partial charge on any atom is 0.288 e. The molecule has 3 aromatic carbocycles. The van der Waals surface area contributed by atoms with E-state index in [0.717, 1.165) is 11.3 Å². The lowest BCUT2D eigenvalue weighted by Gasteiger charge is -2.33. The Balaban J connectivity index is 1.80. The Morgan fingerprint density at radius 3 is 2.68 bits per heavy atom. The van der Waals surface area contributed by atoms with E-state index in [1.807, 2.05) is 49.4 Å². The molecule has 0 radical (unpaired) electrons. The molecule has 9 heteroatoms. The largest absolute Gasteiger partial charge is 0.504 e. The van der Waals surface area contributed by atoms with Crippen LogP contribution in [0.2, 0.25) is 5.02 Å². The first kappa shape index (κ1) is 23.4. The van der Waals surface area contributed by atoms with Gasteiger partial charge >= 0.3 is 0 Å². The summed E-state index contributed by atoms with van der Waals surface area (Å²) >= 11 is 6.03. The highest BCUT2D eigenvalue weighted by molar-refractivity contribution is 6.32. The highest BCUT2D eigenvalue weighted by atomic mass is 35.5. The molecule has 4 rings (SSSR count). The van der Waals surface area contributed by atoms with Gasteiger partial charge in [0.2, 0.25) is 0 Å². The highest BCUT2D eigenvalue weighted by Crippen LogP contribution is 2.39. The molecule has 8 nitrogen and oxygen atoms in total. The fourth-order valence-electron chi connectivity index (χ4n) is 3.88. The third-order valence-electron chi connectivity index (χ3n) is 5.53. The zero-order valence-electron chi connectivity index (χ0n) is 18.6. The minimum Gasteiger partial charge on any atom is -0.504 e. The summed E-state index contributed by atoms with van der Waals surface area (Å²) < 4.78 is 10.9. The van der Waals surface area contributed by atoms with Crippen LogP contribution in [-0.2, 0) is 0 Å². The molecular formula is C25H24ClN3O5. The van der Waals surface area contributed by atoms with Crippen LogP contribution in [0, 0.1) is 10.1 Å². The molecule has 0 aliphatic carbocycles. The maximum atomic E-state index is 11.5. The fourth-order valence-corrected chi connectivity index (χ4v) is 4.07. The first-order valence-electron chi connectivity index (χ1n) is 10.7. The minimum atomic E-state index is -0.512. The second-order valence-electron chi connectivity index (χ2n) is 7.63. The van der Waals surface area contributed by atoms with Crippen LogP contribution in [0.4, 0.5) is 5.69 Å². The Kier molecular flexibility index (Phi) is 6.90. The number of para-hydroxylation sites is 1. The van der Waals surface area contributed by atoms with Crippen molar-refractivity contribution in [1.29, 1.82) is 0 Å². The van der Waals surface area contributed by atoms with Crippen LogP contribution in [0.5, 0.6) is 17.2 Å². The van der Waals surface area contributed by atoms with Gasteiger partial charge in [0.05, 0.1) is 24.7 Å². The molecule has 176 valence electrons. The Labute approximate surface area is 201 Å². The third kappa shape index (κ3) is 4.78. The number of phenols is 1. The molecule has 1 aliphatic heterocycles. The van der Waals surface area contributed by atoms with Crippen LogP contribution in [0.3, 0.4) is 0 Å². The first-order chi connectivity index (χ1) is 16.4. The number of nitro benzene ring substituents is 1. The van der Waals surface area contributed by atoms with Gasteiger partial charge in [0.15, 0.2) is 11.5 Å². The summed E-state index contributed by atoms with van der Waals surface area (Å²) in [5, 5.41) is 29.2. The SMILES string of the molecule is CCOc1cccc(C2C=C(c3cccc(OC)c3)NC(c3ccc(Cl)c([N+](=O)[O-])c3)N2)c1O. The fraction of sp³-hybridized carbons (Fsp3) is 0.200. The second kappa shape index (κ2) is 10.0. The van der Waals surface area contributed by atoms with Crippen molar-refractivity contribution in [2.24, 2.45) is 0 Å². The van der Waals surface area contributed by atoms with Gasteiger partial charge in [0, 0.05) is 22.9 Å². The number of aromatic hydroxyl groups is 1. The average molecular weight is 482 g/mol. The van der Waals surface area contributed by atoms with Crippen LogP contribution >= 0.6 is 11.6 Å². The molecule has 1 aliphatic rings. The number of halogens is 1. The van der Waals surface area contributed by atoms with E-state index in [1.54, 1.807) is 19.2 Å². The molecular weight excluding hydrogens is 458 g/mol. The number of hydrogen-bond acceptors (Lipinski definition) is 7. The molecule has 2 atom stereocenters. The van der Waals surface area contributed by atoms with Crippen LogP contribution in [0.1, 0.15) is 35.8 Å². The highest BCUT2D eigenvalue weighted by Gasteiger charge is 2.28. The number of nitrogens with zero attached hydrogens (tertiary/aromatic N) is 1. The maximum absolute atomic E-state index is 11.5. The van der Waals surface area contributed by atoms with Crippen LogP contribution in [0.25, 0.3) is 5.70 Å². The van der Waals surface area contributed by atoms with Gasteiger partial charge in [-0.05, 0) is 42.8 Å². The number of nitro groups is 1. The summed E-state index contributed by atoms with van der Waals surface area (Å²) in [5.74, 6) is 1.11. The van der Waals surface area contributed by atoms with E-state index in [-0.39, 0.29) is 16.5 Å². The van der Waals surface area contributed by atoms with Gasteiger partial charge in [-0.25, -0.2) is 0 Å². The number of nitrogens with one attached hydrogen (secondary N) is 2. The summed E-state index contributed by atoms with van der Waals surface area (Å²) in [4.78, 5) is 10.9. The minimum absolute atomic E-state index is 0.0332. The van der Waals surface area contributed by atoms with Gasteiger partial charge in [-0.15, -0.1) is 0 Å². The van der Waals surface area contributed by atoms with E-state index in [9.17, 15) is 15.2 Å². The summed E-state index contributed by atoms with van der Waals surface area (Å²) in [7, 11) is 1.60. The first-order valence-corrected chi connectivity index (χ1v) is 11.1. The zero-order valence-corrected chi connectivity index (χ0v) is 19.4. The van der Waals surface area contributed by atoms with Gasteiger partial charge in [-0.3, -0.25) is 15.4 Å². The van der Waals surface area contributed by atoms with E-state index >= 15 is 0 Å². The smallest absolute Gasteiger partial charge is 0.288 e. The Morgan fingerprint density at radius 1 is 1.15 bits per heavy atom. The van der Waals surface area contributed by atoms with E-state index < -0.39 is 17.1 Å². The van der Waals surface area contributed by atoms with Gasteiger partial charge in [-0.1, -0.05) is 41.9 Å². The second-order valence-corrected chi connectivity index (χ2v) is 8.04. The Bertz CT molecular complexity index is 1250. The lowest BCUT2D eigenvalue weighted by Crippen LogP contribution is -2.39. The molecule has 3 aromatic rings. The number of hydrogen-bond donors (Lipinski definition) is 3. The lowest BCUT2D eigenvalue weighted by atomic mass is 9.97. The molecule has 0 aromatic heterocycles. The van der Waals surface area contributed by atoms with Gasteiger partial charge in [0.1, 0.15) is 16.9 Å². The normalized spacial score (nSPS) is 17.4. The quantitative estimate of drug-likeness (QED) is 0.309. The number of ether oxygens (including phenoxy) is 2. The average Bonchev–Trinajstić information content (AvgIpc) is 2.85. The lowest BCUT2D eigenvalue weighted by molar-refractivity contribution is -0.384. The molecule has 2 unspecified atom stereocenters. The van der Waals surface area contributed by atoms with Crippen LogP contribution < -0.4 is 20.1 Å². The summed E-state index contributed by atoms with van der Waals surface area (Å²) in [6.07, 6.45) is 1.43. The van der Waals surface area contributed by atoms with E-state index in [0.29, 0.717) is 29.2 Å². The standard InChI is InChI=1S/C25H24ClN3O5/c1-3-34-23-9-5-8-18(24(23)30)21-14-20(15-6-4-7-17(12-15)33-2)27-25(28-21)16-10-11-19(26)22(13-16)29(31)32/h4-14,21,25,27-28,30H,3H2,1-2H3. The van der Waals surface area contributed by atoms with Gasteiger partial charge < -0.3 is 19.9 Å². The molecule has 0 spiro atoms. The van der Waals surface area contributed by atoms with Crippen molar-refractivity contribution in [3.63, 3.8) is 0 Å². The van der Waals surface area contributed by atoms with Crippen molar-refractivity contribution in [2.45, 2.75) is 19.1 Å². The molecule has 1 heterocycles. The number of methoxy groups -OCH3 is 1. The molecule has 34 heavy (non-hydrogen) atoms.